The van der Waals surface area contributed by atoms with Crippen LogP contribution in [0.5, 0.6) is 0 Å². The topological polar surface area (TPSA) is 64.3 Å². The molecule has 1 aliphatic rings. The Morgan fingerprint density at radius 1 is 1.53 bits per heavy atom. The molecule has 2 heterocycles. The molecule has 2 rings (SSSR count). The van der Waals surface area contributed by atoms with E-state index in [1.807, 2.05) is 6.07 Å². The molecule has 5 heteroatoms. The Hall–Kier alpha value is -1.20. The van der Waals surface area contributed by atoms with Crippen molar-refractivity contribution in [2.45, 2.75) is 32.4 Å². The third kappa shape index (κ3) is 2.92. The van der Waals surface area contributed by atoms with Crippen LogP contribution in [-0.4, -0.2) is 36.2 Å². The lowest BCUT2D eigenvalue weighted by atomic mass is 10.3. The summed E-state index contributed by atoms with van der Waals surface area (Å²) in [4.78, 5) is 11.2. The van der Waals surface area contributed by atoms with Crippen molar-refractivity contribution in [3.05, 3.63) is 17.6 Å². The van der Waals surface area contributed by atoms with Gasteiger partial charge in [0.2, 0.25) is 0 Å². The zero-order valence-corrected chi connectivity index (χ0v) is 10.5. The molecule has 1 atom stereocenters. The number of aryl methyl sites for hydroxylation is 1. The number of nitrogens with two attached hydrogens (primary N) is 1. The van der Waals surface area contributed by atoms with Crippen LogP contribution in [-0.2, 0) is 17.8 Å². The van der Waals surface area contributed by atoms with Gasteiger partial charge in [0.05, 0.1) is 12.3 Å². The summed E-state index contributed by atoms with van der Waals surface area (Å²) in [5, 5.41) is 0. The maximum Gasteiger partial charge on any atom is 0.132 e. The molecule has 94 valence electrons. The molecule has 1 aromatic rings. The number of rotatable bonds is 4. The van der Waals surface area contributed by atoms with E-state index >= 15 is 0 Å². The average molecular weight is 236 g/mol. The van der Waals surface area contributed by atoms with Crippen molar-refractivity contribution in [3.8, 4) is 0 Å². The number of ether oxygens (including phenoxy) is 1. The average Bonchev–Trinajstić information content (AvgIpc) is 2.76. The molecule has 0 spiro atoms. The summed E-state index contributed by atoms with van der Waals surface area (Å²) in [6.45, 7) is 4.45. The second kappa shape index (κ2) is 5.42. The van der Waals surface area contributed by atoms with Gasteiger partial charge in [-0.3, -0.25) is 0 Å². The van der Waals surface area contributed by atoms with Gasteiger partial charge >= 0.3 is 0 Å². The quantitative estimate of drug-likeness (QED) is 0.834. The minimum atomic E-state index is 0.265. The zero-order valence-electron chi connectivity index (χ0n) is 10.5. The van der Waals surface area contributed by atoms with E-state index in [2.05, 4.69) is 21.8 Å². The Labute approximate surface area is 102 Å². The predicted octanol–water partition coefficient (Wildman–Crippen LogP) is 0.723. The molecule has 0 aliphatic carbocycles. The van der Waals surface area contributed by atoms with Gasteiger partial charge in [-0.15, -0.1) is 0 Å². The summed E-state index contributed by atoms with van der Waals surface area (Å²) in [5.41, 5.74) is 6.86. The van der Waals surface area contributed by atoms with Crippen molar-refractivity contribution in [2.24, 2.45) is 5.73 Å². The molecule has 0 bridgehead atoms. The van der Waals surface area contributed by atoms with E-state index in [9.17, 15) is 0 Å². The van der Waals surface area contributed by atoms with Crippen molar-refractivity contribution >= 4 is 5.82 Å². The number of hydrogen-bond acceptors (Lipinski definition) is 5. The van der Waals surface area contributed by atoms with E-state index in [0.29, 0.717) is 6.61 Å². The Morgan fingerprint density at radius 3 is 2.94 bits per heavy atom. The number of nitrogens with zero attached hydrogens (tertiary/aromatic N) is 3. The fourth-order valence-electron chi connectivity index (χ4n) is 2.07. The second-order valence-electron chi connectivity index (χ2n) is 4.42. The third-order valence-electron chi connectivity index (χ3n) is 2.97. The van der Waals surface area contributed by atoms with E-state index in [1.54, 1.807) is 7.11 Å². The van der Waals surface area contributed by atoms with E-state index in [4.69, 9.17) is 10.5 Å². The summed E-state index contributed by atoms with van der Waals surface area (Å²) in [5.74, 6) is 1.85. The number of anilines is 1. The van der Waals surface area contributed by atoms with Gasteiger partial charge in [0.15, 0.2) is 0 Å². The van der Waals surface area contributed by atoms with E-state index in [1.165, 1.54) is 0 Å². The zero-order chi connectivity index (χ0) is 12.3. The normalized spacial score (nSPS) is 19.9. The number of aromatic nitrogens is 2. The molecule has 1 aromatic heterocycles. The monoisotopic (exact) mass is 236 g/mol. The minimum absolute atomic E-state index is 0.265. The molecule has 17 heavy (non-hydrogen) atoms. The highest BCUT2D eigenvalue weighted by Crippen LogP contribution is 2.18. The molecular weight excluding hydrogens is 216 g/mol. The van der Waals surface area contributed by atoms with Gasteiger partial charge in [0.1, 0.15) is 11.6 Å². The SMILES string of the molecule is CCc1nc(COC)cc(N2CCC(N)C2)n1. The van der Waals surface area contributed by atoms with Gasteiger partial charge in [0.25, 0.3) is 0 Å². The van der Waals surface area contributed by atoms with E-state index < -0.39 is 0 Å². The first-order valence-electron chi connectivity index (χ1n) is 6.09. The highest BCUT2D eigenvalue weighted by atomic mass is 16.5. The molecular formula is C12H20N4O. The largest absolute Gasteiger partial charge is 0.378 e. The summed E-state index contributed by atoms with van der Waals surface area (Å²) in [6.07, 6.45) is 1.87. The smallest absolute Gasteiger partial charge is 0.132 e. The number of methoxy groups -OCH3 is 1. The van der Waals surface area contributed by atoms with Crippen LogP contribution in [0.25, 0.3) is 0 Å². The molecule has 1 fully saturated rings. The summed E-state index contributed by atoms with van der Waals surface area (Å²) in [7, 11) is 1.68. The molecule has 1 unspecified atom stereocenters. The third-order valence-corrected chi connectivity index (χ3v) is 2.97. The first-order valence-corrected chi connectivity index (χ1v) is 6.09. The lowest BCUT2D eigenvalue weighted by molar-refractivity contribution is 0.181. The Kier molecular flexibility index (Phi) is 3.91. The van der Waals surface area contributed by atoms with E-state index in [-0.39, 0.29) is 6.04 Å². The van der Waals surface area contributed by atoms with Gasteiger partial charge in [0, 0.05) is 38.7 Å². The molecule has 1 aliphatic heterocycles. The maximum atomic E-state index is 5.92. The standard InChI is InChI=1S/C12H20N4O/c1-3-11-14-10(8-17-2)6-12(15-11)16-5-4-9(13)7-16/h6,9H,3-5,7-8,13H2,1-2H3. The van der Waals surface area contributed by atoms with Gasteiger partial charge in [-0.25, -0.2) is 9.97 Å². The molecule has 2 N–H and O–H groups in total. The number of hydrogen-bond donors (Lipinski definition) is 1. The predicted molar refractivity (Wildman–Crippen MR) is 66.9 cm³/mol. The molecule has 1 saturated heterocycles. The van der Waals surface area contributed by atoms with Crippen molar-refractivity contribution in [3.63, 3.8) is 0 Å². The summed E-state index contributed by atoms with van der Waals surface area (Å²) < 4.78 is 5.13. The van der Waals surface area contributed by atoms with Crippen LogP contribution >= 0.6 is 0 Å². The summed E-state index contributed by atoms with van der Waals surface area (Å²) in [6, 6.07) is 2.27. The molecule has 5 nitrogen and oxygen atoms in total. The van der Waals surface area contributed by atoms with Gasteiger partial charge in [-0.1, -0.05) is 6.92 Å². The molecule has 0 saturated carbocycles. The Morgan fingerprint density at radius 2 is 2.35 bits per heavy atom. The van der Waals surface area contributed by atoms with Gasteiger partial charge < -0.3 is 15.4 Å². The first kappa shape index (κ1) is 12.3. The van der Waals surface area contributed by atoms with Crippen LogP contribution in [0.15, 0.2) is 6.07 Å². The van der Waals surface area contributed by atoms with Crippen molar-refractivity contribution in [1.82, 2.24) is 9.97 Å². The van der Waals surface area contributed by atoms with E-state index in [0.717, 1.165) is 43.3 Å². The van der Waals surface area contributed by atoms with Crippen molar-refractivity contribution < 1.29 is 4.74 Å². The maximum absolute atomic E-state index is 5.92. The van der Waals surface area contributed by atoms with Gasteiger partial charge in [-0.2, -0.15) is 0 Å². The molecule has 0 aromatic carbocycles. The fraction of sp³-hybridized carbons (Fsp3) is 0.667. The van der Waals surface area contributed by atoms with Crippen molar-refractivity contribution in [1.29, 1.82) is 0 Å². The fourth-order valence-corrected chi connectivity index (χ4v) is 2.07. The molecule has 0 radical (unpaired) electrons. The van der Waals surface area contributed by atoms with Crippen LogP contribution < -0.4 is 10.6 Å². The van der Waals surface area contributed by atoms with Crippen LogP contribution in [0.3, 0.4) is 0 Å². The van der Waals surface area contributed by atoms with Crippen LogP contribution in [0.2, 0.25) is 0 Å². The lowest BCUT2D eigenvalue weighted by Crippen LogP contribution is -2.27. The van der Waals surface area contributed by atoms with Crippen LogP contribution in [0, 0.1) is 0 Å². The minimum Gasteiger partial charge on any atom is -0.378 e. The van der Waals surface area contributed by atoms with Crippen LogP contribution in [0.4, 0.5) is 5.82 Å². The first-order chi connectivity index (χ1) is 8.22. The summed E-state index contributed by atoms with van der Waals surface area (Å²) >= 11 is 0. The van der Waals surface area contributed by atoms with Gasteiger partial charge in [-0.05, 0) is 6.42 Å². The molecule has 0 amide bonds. The highest BCUT2D eigenvalue weighted by molar-refractivity contribution is 5.41. The Balaban J connectivity index is 2.23. The van der Waals surface area contributed by atoms with Crippen molar-refractivity contribution in [2.75, 3.05) is 25.1 Å². The highest BCUT2D eigenvalue weighted by Gasteiger charge is 2.21. The second-order valence-corrected chi connectivity index (χ2v) is 4.42. The Bertz CT molecular complexity index is 383. The lowest BCUT2D eigenvalue weighted by Gasteiger charge is -2.18. The van der Waals surface area contributed by atoms with Crippen LogP contribution in [0.1, 0.15) is 24.9 Å².